The maximum atomic E-state index is 5.89. The lowest BCUT2D eigenvalue weighted by molar-refractivity contribution is 0.250. The predicted molar refractivity (Wildman–Crippen MR) is 111 cm³/mol. The van der Waals surface area contributed by atoms with Gasteiger partial charge in [-0.15, -0.1) is 11.3 Å². The molecule has 0 saturated carbocycles. The number of methoxy groups -OCH3 is 1. The fraction of sp³-hybridized carbons (Fsp3) is 0.381. The average Bonchev–Trinajstić information content (AvgIpc) is 3.35. The van der Waals surface area contributed by atoms with Crippen molar-refractivity contribution < 1.29 is 13.9 Å². The van der Waals surface area contributed by atoms with Gasteiger partial charge in [-0.1, -0.05) is 6.07 Å². The smallest absolute Gasteiger partial charge is 0.161 e. The summed E-state index contributed by atoms with van der Waals surface area (Å²) < 4.78 is 16.9. The molecular weight excluding hydrogens is 374 g/mol. The summed E-state index contributed by atoms with van der Waals surface area (Å²) in [5.74, 6) is 2.40. The summed E-state index contributed by atoms with van der Waals surface area (Å²) in [6, 6.07) is 10.1. The first-order valence-electron chi connectivity index (χ1n) is 9.18. The molecule has 2 heterocycles. The van der Waals surface area contributed by atoms with Crippen molar-refractivity contribution in [2.24, 2.45) is 0 Å². The van der Waals surface area contributed by atoms with Gasteiger partial charge in [-0.2, -0.15) is 0 Å². The van der Waals surface area contributed by atoms with Gasteiger partial charge in [0.1, 0.15) is 12.4 Å². The summed E-state index contributed by atoms with van der Waals surface area (Å²) in [6.45, 7) is 3.94. The Bertz CT molecular complexity index is 862. The lowest BCUT2D eigenvalue weighted by atomic mass is 10.1. The van der Waals surface area contributed by atoms with Crippen LogP contribution in [0.4, 0.5) is 0 Å². The van der Waals surface area contributed by atoms with Crippen molar-refractivity contribution in [3.05, 3.63) is 64.0 Å². The molecule has 7 heteroatoms. The highest BCUT2D eigenvalue weighted by Crippen LogP contribution is 2.29. The van der Waals surface area contributed by atoms with Gasteiger partial charge in [0.2, 0.25) is 0 Å². The minimum Gasteiger partial charge on any atom is -0.493 e. The van der Waals surface area contributed by atoms with E-state index in [0.29, 0.717) is 6.61 Å². The molecule has 0 saturated heterocycles. The third-order valence-corrected chi connectivity index (χ3v) is 5.25. The van der Waals surface area contributed by atoms with Crippen molar-refractivity contribution in [1.82, 2.24) is 15.2 Å². The van der Waals surface area contributed by atoms with Crippen LogP contribution in [0.15, 0.2) is 46.4 Å². The molecule has 0 spiro atoms. The molecule has 0 fully saturated rings. The van der Waals surface area contributed by atoms with Crippen LogP contribution in [0.5, 0.6) is 11.5 Å². The molecule has 0 radical (unpaired) electrons. The third kappa shape index (κ3) is 5.34. The van der Waals surface area contributed by atoms with E-state index in [0.717, 1.165) is 46.6 Å². The normalized spacial score (nSPS) is 12.3. The molecule has 0 aliphatic carbocycles. The van der Waals surface area contributed by atoms with Gasteiger partial charge in [0.15, 0.2) is 11.5 Å². The lowest BCUT2D eigenvalue weighted by Gasteiger charge is -2.22. The number of benzene rings is 1. The molecule has 0 amide bonds. The molecule has 2 aromatic heterocycles. The second kappa shape index (κ2) is 9.73. The Balaban J connectivity index is 1.57. The summed E-state index contributed by atoms with van der Waals surface area (Å²) >= 11 is 1.62. The summed E-state index contributed by atoms with van der Waals surface area (Å²) in [7, 11) is 5.76. The highest BCUT2D eigenvalue weighted by molar-refractivity contribution is 7.09. The first-order chi connectivity index (χ1) is 13.6. The number of nitrogens with zero attached hydrogens (tertiary/aromatic N) is 2. The Morgan fingerprint density at radius 3 is 2.75 bits per heavy atom. The van der Waals surface area contributed by atoms with Gasteiger partial charge in [-0.05, 0) is 50.8 Å². The van der Waals surface area contributed by atoms with Crippen molar-refractivity contribution in [3.8, 4) is 11.5 Å². The highest BCUT2D eigenvalue weighted by atomic mass is 32.1. The molecule has 6 nitrogen and oxygen atoms in total. The number of aromatic nitrogens is 1. The summed E-state index contributed by atoms with van der Waals surface area (Å²) in [5.41, 5.74) is 2.06. The van der Waals surface area contributed by atoms with Gasteiger partial charge < -0.3 is 19.2 Å². The lowest BCUT2D eigenvalue weighted by Crippen LogP contribution is -2.30. The number of ether oxygens (including phenoxy) is 2. The van der Waals surface area contributed by atoms with Gasteiger partial charge in [0.25, 0.3) is 0 Å². The fourth-order valence-corrected chi connectivity index (χ4v) is 3.54. The van der Waals surface area contributed by atoms with Gasteiger partial charge in [-0.25, -0.2) is 4.98 Å². The maximum Gasteiger partial charge on any atom is 0.161 e. The molecule has 28 heavy (non-hydrogen) atoms. The van der Waals surface area contributed by atoms with Gasteiger partial charge in [0, 0.05) is 18.5 Å². The maximum absolute atomic E-state index is 5.89. The van der Waals surface area contributed by atoms with Crippen LogP contribution in [0.3, 0.4) is 0 Å². The standard InChI is InChI=1S/C21H27N3O3S/c1-15-23-17(14-28-15)13-27-20-8-7-16(10-21(20)25-4)11-22-12-18(24(2)3)19-6-5-9-26-19/h5-10,14,18,22H,11-13H2,1-4H3. The van der Waals surface area contributed by atoms with E-state index in [2.05, 4.69) is 21.3 Å². The molecular formula is C21H27N3O3S. The van der Waals surface area contributed by atoms with E-state index in [4.69, 9.17) is 13.9 Å². The Labute approximate surface area is 170 Å². The van der Waals surface area contributed by atoms with Gasteiger partial charge in [-0.3, -0.25) is 4.90 Å². The Morgan fingerprint density at radius 2 is 2.11 bits per heavy atom. The Kier molecular flexibility index (Phi) is 7.08. The molecule has 3 aromatic rings. The molecule has 1 N–H and O–H groups in total. The molecule has 1 aromatic carbocycles. The van der Waals surface area contributed by atoms with Crippen LogP contribution in [0.2, 0.25) is 0 Å². The Morgan fingerprint density at radius 1 is 1.25 bits per heavy atom. The van der Waals surface area contributed by atoms with E-state index in [9.17, 15) is 0 Å². The molecule has 0 aliphatic heterocycles. The monoisotopic (exact) mass is 401 g/mol. The largest absolute Gasteiger partial charge is 0.493 e. The number of thiazole rings is 1. The number of aryl methyl sites for hydroxylation is 1. The van der Waals surface area contributed by atoms with Crippen LogP contribution < -0.4 is 14.8 Å². The number of rotatable bonds is 10. The van der Waals surface area contributed by atoms with E-state index < -0.39 is 0 Å². The van der Waals surface area contributed by atoms with E-state index in [-0.39, 0.29) is 6.04 Å². The first-order valence-corrected chi connectivity index (χ1v) is 10.1. The molecule has 0 bridgehead atoms. The van der Waals surface area contributed by atoms with Crippen molar-refractivity contribution in [3.63, 3.8) is 0 Å². The van der Waals surface area contributed by atoms with Gasteiger partial charge >= 0.3 is 0 Å². The van der Waals surface area contributed by atoms with Crippen molar-refractivity contribution >= 4 is 11.3 Å². The predicted octanol–water partition coefficient (Wildman–Crippen LogP) is 4.02. The molecule has 3 rings (SSSR count). The zero-order valence-corrected chi connectivity index (χ0v) is 17.6. The zero-order chi connectivity index (χ0) is 19.9. The minimum absolute atomic E-state index is 0.182. The average molecular weight is 402 g/mol. The van der Waals surface area contributed by atoms with Crippen LogP contribution in [-0.4, -0.2) is 37.6 Å². The molecule has 150 valence electrons. The summed E-state index contributed by atoms with van der Waals surface area (Å²) in [6.07, 6.45) is 1.71. The number of nitrogens with one attached hydrogen (secondary N) is 1. The number of furan rings is 1. The van der Waals surface area contributed by atoms with Gasteiger partial charge in [0.05, 0.1) is 30.1 Å². The molecule has 0 aliphatic rings. The quantitative estimate of drug-likeness (QED) is 0.554. The molecule has 1 atom stereocenters. The summed E-state index contributed by atoms with van der Waals surface area (Å²) in [4.78, 5) is 6.56. The van der Waals surface area contributed by atoms with Crippen molar-refractivity contribution in [2.75, 3.05) is 27.7 Å². The SMILES string of the molecule is COc1cc(CNCC(c2ccco2)N(C)C)ccc1OCc1csc(C)n1. The second-order valence-corrected chi connectivity index (χ2v) is 7.82. The van der Waals surface area contributed by atoms with Crippen molar-refractivity contribution in [2.45, 2.75) is 26.1 Å². The van der Waals surface area contributed by atoms with E-state index in [1.165, 1.54) is 0 Å². The van der Waals surface area contributed by atoms with Crippen LogP contribution in [0.1, 0.15) is 28.1 Å². The zero-order valence-electron chi connectivity index (χ0n) is 16.8. The van der Waals surface area contributed by atoms with E-state index in [1.807, 2.05) is 50.7 Å². The van der Waals surface area contributed by atoms with Crippen LogP contribution in [0, 0.1) is 6.92 Å². The van der Waals surface area contributed by atoms with Crippen LogP contribution in [0.25, 0.3) is 0 Å². The minimum atomic E-state index is 0.182. The topological polar surface area (TPSA) is 59.8 Å². The van der Waals surface area contributed by atoms with Crippen LogP contribution >= 0.6 is 11.3 Å². The van der Waals surface area contributed by atoms with E-state index >= 15 is 0 Å². The van der Waals surface area contributed by atoms with Crippen molar-refractivity contribution in [1.29, 1.82) is 0 Å². The summed E-state index contributed by atoms with van der Waals surface area (Å²) in [5, 5.41) is 6.55. The third-order valence-electron chi connectivity index (χ3n) is 4.43. The van der Waals surface area contributed by atoms with Crippen LogP contribution in [-0.2, 0) is 13.2 Å². The number of likely N-dealkylation sites (N-methyl/N-ethyl adjacent to an activating group) is 1. The number of hydrogen-bond donors (Lipinski definition) is 1. The number of hydrogen-bond acceptors (Lipinski definition) is 7. The second-order valence-electron chi connectivity index (χ2n) is 6.76. The first kappa shape index (κ1) is 20.4. The fourth-order valence-electron chi connectivity index (χ4n) is 2.94. The molecule has 1 unspecified atom stereocenters. The van der Waals surface area contributed by atoms with E-state index in [1.54, 1.807) is 24.7 Å². The Hall–Kier alpha value is -2.35. The highest BCUT2D eigenvalue weighted by Gasteiger charge is 2.16.